The molecule has 0 atom stereocenters. The zero-order valence-electron chi connectivity index (χ0n) is 9.13. The summed E-state index contributed by atoms with van der Waals surface area (Å²) in [5.74, 6) is -0.781. The average molecular weight is 306 g/mol. The molecule has 0 aromatic heterocycles. The maximum Gasteiger partial charge on any atom is 0.294 e. The Morgan fingerprint density at radius 3 is 2.84 bits per heavy atom. The number of hydrogen-bond donors (Lipinski definition) is 3. The summed E-state index contributed by atoms with van der Waals surface area (Å²) in [6.45, 7) is 0. The van der Waals surface area contributed by atoms with Gasteiger partial charge in [-0.2, -0.15) is 12.8 Å². The van der Waals surface area contributed by atoms with E-state index in [0.717, 1.165) is 23.4 Å². The number of benzene rings is 1. The van der Waals surface area contributed by atoms with Gasteiger partial charge in [0.1, 0.15) is 0 Å². The van der Waals surface area contributed by atoms with Crippen molar-refractivity contribution in [2.24, 2.45) is 5.10 Å². The number of hydrazine groups is 2. The number of nitrogens with one attached hydrogen (secondary N) is 2. The van der Waals surface area contributed by atoms with Crippen molar-refractivity contribution in [3.05, 3.63) is 35.5 Å². The van der Waals surface area contributed by atoms with Gasteiger partial charge in [-0.15, -0.1) is 10.3 Å². The third kappa shape index (κ3) is 3.34. The quantitative estimate of drug-likeness (QED) is 0.730. The van der Waals surface area contributed by atoms with Gasteiger partial charge in [0.05, 0.1) is 21.8 Å². The topological polar surface area (TPSA) is 94.0 Å². The standard InChI is InChI=1S/C9H7ClFN4O3S/c10-7-5-6(19(16,17)18)1-2-8(7)13-15-12-4-3-9(11)14-15/h1-3,5,12-13H,(H,16,17,18). The number of allylic oxidation sites excluding steroid dienone is 1. The zero-order valence-corrected chi connectivity index (χ0v) is 10.7. The predicted molar refractivity (Wildman–Crippen MR) is 66.2 cm³/mol. The van der Waals surface area contributed by atoms with Crippen molar-refractivity contribution in [1.82, 2.24) is 10.7 Å². The van der Waals surface area contributed by atoms with Crippen molar-refractivity contribution in [2.45, 2.75) is 4.90 Å². The first kappa shape index (κ1) is 13.6. The second kappa shape index (κ2) is 5.03. The molecule has 0 bridgehead atoms. The first-order chi connectivity index (χ1) is 8.86. The van der Waals surface area contributed by atoms with Crippen molar-refractivity contribution in [3.63, 3.8) is 0 Å². The minimum absolute atomic E-state index is 0.00193. The lowest BCUT2D eigenvalue weighted by atomic mass is 10.3. The van der Waals surface area contributed by atoms with Crippen LogP contribution in [0.4, 0.5) is 10.1 Å². The molecule has 0 aliphatic carbocycles. The Kier molecular flexibility index (Phi) is 3.60. The summed E-state index contributed by atoms with van der Waals surface area (Å²) >= 11 is 5.83. The van der Waals surface area contributed by atoms with Crippen LogP contribution in [-0.2, 0) is 10.1 Å². The summed E-state index contributed by atoms with van der Waals surface area (Å²) in [5, 5.41) is 4.30. The molecule has 19 heavy (non-hydrogen) atoms. The van der Waals surface area contributed by atoms with E-state index in [9.17, 15) is 12.8 Å². The highest BCUT2D eigenvalue weighted by Crippen LogP contribution is 2.25. The number of hydrazone groups is 1. The van der Waals surface area contributed by atoms with Crippen LogP contribution >= 0.6 is 11.6 Å². The highest BCUT2D eigenvalue weighted by molar-refractivity contribution is 7.85. The van der Waals surface area contributed by atoms with Crippen LogP contribution in [0.5, 0.6) is 0 Å². The molecule has 0 spiro atoms. The first-order valence-electron chi connectivity index (χ1n) is 4.78. The van der Waals surface area contributed by atoms with Crippen molar-refractivity contribution in [3.8, 4) is 0 Å². The fraction of sp³-hybridized carbons (Fsp3) is 0. The monoisotopic (exact) mass is 305 g/mol. The van der Waals surface area contributed by atoms with E-state index < -0.39 is 16.1 Å². The lowest BCUT2D eigenvalue weighted by Crippen LogP contribution is -2.37. The lowest BCUT2D eigenvalue weighted by Gasteiger charge is -2.22. The molecule has 10 heteroatoms. The van der Waals surface area contributed by atoms with Gasteiger partial charge >= 0.3 is 0 Å². The molecule has 0 unspecified atom stereocenters. The van der Waals surface area contributed by atoms with Crippen LogP contribution in [0, 0.1) is 6.20 Å². The Balaban J connectivity index is 2.21. The molecule has 1 aromatic rings. The van der Waals surface area contributed by atoms with Crippen LogP contribution in [-0.4, -0.2) is 24.2 Å². The van der Waals surface area contributed by atoms with Crippen LogP contribution in [0.3, 0.4) is 0 Å². The molecule has 3 N–H and O–H groups in total. The molecular weight excluding hydrogens is 299 g/mol. The maximum atomic E-state index is 12.8. The number of hydrogen-bond acceptors (Lipinski definition) is 6. The SMILES string of the molecule is O=S(=O)(O)c1ccc(NN2N=C(F)C=[C]N2)c(Cl)c1. The second-order valence-electron chi connectivity index (χ2n) is 3.36. The Morgan fingerprint density at radius 2 is 2.26 bits per heavy atom. The molecule has 0 amide bonds. The highest BCUT2D eigenvalue weighted by atomic mass is 35.5. The fourth-order valence-corrected chi connectivity index (χ4v) is 2.01. The molecule has 1 aliphatic rings. The molecule has 1 aliphatic heterocycles. The zero-order chi connectivity index (χ0) is 14.0. The Morgan fingerprint density at radius 1 is 1.53 bits per heavy atom. The van der Waals surface area contributed by atoms with Crippen LogP contribution in [0.1, 0.15) is 0 Å². The molecule has 101 valence electrons. The Bertz CT molecular complexity index is 661. The largest absolute Gasteiger partial charge is 0.294 e. The molecule has 0 fully saturated rings. The minimum Gasteiger partial charge on any atom is -0.282 e. The molecule has 1 radical (unpaired) electrons. The van der Waals surface area contributed by atoms with E-state index >= 15 is 0 Å². The van der Waals surface area contributed by atoms with E-state index in [2.05, 4.69) is 22.2 Å². The summed E-state index contributed by atoms with van der Waals surface area (Å²) < 4.78 is 43.5. The van der Waals surface area contributed by atoms with Crippen molar-refractivity contribution in [1.29, 1.82) is 0 Å². The van der Waals surface area contributed by atoms with E-state index in [1.807, 2.05) is 0 Å². The van der Waals surface area contributed by atoms with E-state index in [4.69, 9.17) is 16.2 Å². The minimum atomic E-state index is -4.33. The van der Waals surface area contributed by atoms with Gasteiger partial charge < -0.3 is 0 Å². The highest BCUT2D eigenvalue weighted by Gasteiger charge is 2.13. The molecule has 2 rings (SSSR count). The molecule has 7 nitrogen and oxygen atoms in total. The van der Waals surface area contributed by atoms with Gasteiger partial charge in [-0.1, -0.05) is 11.6 Å². The molecule has 0 saturated heterocycles. The van der Waals surface area contributed by atoms with Crippen LogP contribution in [0.25, 0.3) is 0 Å². The molecule has 0 saturated carbocycles. The van der Waals surface area contributed by atoms with E-state index in [-0.39, 0.29) is 15.6 Å². The summed E-state index contributed by atoms with van der Waals surface area (Å²) in [6.07, 6.45) is 3.35. The summed E-state index contributed by atoms with van der Waals surface area (Å²) in [6, 6.07) is 3.47. The fourth-order valence-electron chi connectivity index (χ4n) is 1.22. The average Bonchev–Trinajstić information content (AvgIpc) is 2.30. The lowest BCUT2D eigenvalue weighted by molar-refractivity contribution is 0.271. The molecule has 1 aromatic carbocycles. The molecule has 1 heterocycles. The number of rotatable bonds is 3. The summed E-state index contributed by atoms with van der Waals surface area (Å²) in [4.78, 5) is -0.351. The smallest absolute Gasteiger partial charge is 0.282 e. The van der Waals surface area contributed by atoms with Crippen LogP contribution in [0.15, 0.2) is 34.3 Å². The third-order valence-corrected chi connectivity index (χ3v) is 3.18. The van der Waals surface area contributed by atoms with Gasteiger partial charge in [-0.05, 0) is 18.2 Å². The van der Waals surface area contributed by atoms with E-state index in [1.54, 1.807) is 0 Å². The van der Waals surface area contributed by atoms with Gasteiger partial charge in [0.2, 0.25) is 5.97 Å². The van der Waals surface area contributed by atoms with Gasteiger partial charge in [-0.3, -0.25) is 15.4 Å². The van der Waals surface area contributed by atoms with Crippen molar-refractivity contribution in [2.75, 3.05) is 5.43 Å². The van der Waals surface area contributed by atoms with Gasteiger partial charge in [-0.25, -0.2) is 0 Å². The predicted octanol–water partition coefficient (Wildman–Crippen LogP) is 1.33. The van der Waals surface area contributed by atoms with Gasteiger partial charge in [0, 0.05) is 6.08 Å². The normalized spacial score (nSPS) is 14.9. The number of halogens is 2. The maximum absolute atomic E-state index is 12.8. The van der Waals surface area contributed by atoms with Crippen molar-refractivity contribution < 1.29 is 17.4 Å². The van der Waals surface area contributed by atoms with Gasteiger partial charge in [0.15, 0.2) is 0 Å². The number of nitrogens with zero attached hydrogens (tertiary/aromatic N) is 2. The Hall–Kier alpha value is -1.84. The summed E-state index contributed by atoms with van der Waals surface area (Å²) in [5.41, 5.74) is 5.25. The van der Waals surface area contributed by atoms with Crippen LogP contribution in [0.2, 0.25) is 5.02 Å². The first-order valence-corrected chi connectivity index (χ1v) is 6.60. The van der Waals surface area contributed by atoms with Crippen LogP contribution < -0.4 is 10.9 Å². The number of anilines is 1. The Labute approximate surface area is 113 Å². The molecular formula is C9H7ClFN4O3S. The second-order valence-corrected chi connectivity index (χ2v) is 5.19. The van der Waals surface area contributed by atoms with Gasteiger partial charge in [0.25, 0.3) is 10.1 Å². The summed E-state index contributed by atoms with van der Waals surface area (Å²) in [7, 11) is -4.33. The third-order valence-electron chi connectivity index (χ3n) is 2.02. The van der Waals surface area contributed by atoms with Crippen molar-refractivity contribution >= 4 is 33.4 Å². The van der Waals surface area contributed by atoms with E-state index in [1.165, 1.54) is 6.07 Å². The van der Waals surface area contributed by atoms with E-state index in [0.29, 0.717) is 0 Å².